The maximum atomic E-state index is 12.3. The van der Waals surface area contributed by atoms with Crippen molar-refractivity contribution >= 4 is 20.8 Å². The summed E-state index contributed by atoms with van der Waals surface area (Å²) in [6.07, 6.45) is -5.63. The van der Waals surface area contributed by atoms with Crippen molar-refractivity contribution in [2.24, 2.45) is 0 Å². The van der Waals surface area contributed by atoms with E-state index in [2.05, 4.69) is 4.72 Å². The molecule has 2 aromatic carbocycles. The van der Waals surface area contributed by atoms with E-state index in [4.69, 9.17) is 0 Å². The van der Waals surface area contributed by atoms with Crippen molar-refractivity contribution in [3.05, 3.63) is 42.5 Å². The van der Waals surface area contributed by atoms with Crippen LogP contribution in [0, 0.1) is 0 Å². The molecule has 0 heterocycles. The van der Waals surface area contributed by atoms with Crippen molar-refractivity contribution in [1.29, 1.82) is 0 Å². The Morgan fingerprint density at radius 2 is 1.71 bits per heavy atom. The maximum Gasteiger partial charge on any atom is 0.390 e. The highest BCUT2D eigenvalue weighted by molar-refractivity contribution is 7.89. The Kier molecular flexibility index (Phi) is 4.25. The van der Waals surface area contributed by atoms with E-state index < -0.39 is 28.7 Å². The highest BCUT2D eigenvalue weighted by Crippen LogP contribution is 2.25. The summed E-state index contributed by atoms with van der Waals surface area (Å²) >= 11 is 0. The Balaban J connectivity index is 2.34. The van der Waals surface area contributed by atoms with Gasteiger partial charge in [-0.3, -0.25) is 0 Å². The molecule has 0 saturated carbocycles. The molecule has 3 nitrogen and oxygen atoms in total. The molecule has 114 valence electrons. The number of fused-ring (bicyclic) bond motifs is 1. The second-order valence-electron chi connectivity index (χ2n) is 4.82. The molecule has 21 heavy (non-hydrogen) atoms. The minimum Gasteiger partial charge on any atom is -0.208 e. The molecule has 1 atom stereocenters. The fourth-order valence-corrected chi connectivity index (χ4v) is 3.62. The molecule has 0 aliphatic rings. The van der Waals surface area contributed by atoms with Crippen LogP contribution in [0.5, 0.6) is 0 Å². The monoisotopic (exact) mass is 317 g/mol. The minimum atomic E-state index is -4.42. The number of hydrogen-bond acceptors (Lipinski definition) is 2. The molecule has 0 amide bonds. The zero-order valence-corrected chi connectivity index (χ0v) is 12.0. The zero-order chi connectivity index (χ0) is 15.7. The summed E-state index contributed by atoms with van der Waals surface area (Å²) in [6, 6.07) is 10.3. The maximum absolute atomic E-state index is 12.3. The molecule has 0 radical (unpaired) electrons. The number of benzene rings is 2. The van der Waals surface area contributed by atoms with Crippen LogP contribution in [0.25, 0.3) is 10.8 Å². The van der Waals surface area contributed by atoms with E-state index in [0.29, 0.717) is 10.8 Å². The van der Waals surface area contributed by atoms with E-state index in [9.17, 15) is 21.6 Å². The van der Waals surface area contributed by atoms with Gasteiger partial charge in [0, 0.05) is 11.4 Å². The number of nitrogens with one attached hydrogen (secondary N) is 1. The quantitative estimate of drug-likeness (QED) is 0.938. The summed E-state index contributed by atoms with van der Waals surface area (Å²) < 4.78 is 63.5. The fraction of sp³-hybridized carbons (Fsp3) is 0.286. The van der Waals surface area contributed by atoms with Crippen molar-refractivity contribution in [2.75, 3.05) is 0 Å². The van der Waals surface area contributed by atoms with Gasteiger partial charge in [0.05, 0.1) is 11.3 Å². The zero-order valence-electron chi connectivity index (χ0n) is 11.2. The summed E-state index contributed by atoms with van der Waals surface area (Å²) in [4.78, 5) is -0.0189. The molecular weight excluding hydrogens is 303 g/mol. The van der Waals surface area contributed by atoms with E-state index in [1.54, 1.807) is 36.4 Å². The van der Waals surface area contributed by atoms with E-state index in [1.165, 1.54) is 13.0 Å². The highest BCUT2D eigenvalue weighted by atomic mass is 32.2. The van der Waals surface area contributed by atoms with Gasteiger partial charge in [-0.25, -0.2) is 13.1 Å². The van der Waals surface area contributed by atoms with Gasteiger partial charge in [-0.15, -0.1) is 0 Å². The Bertz CT molecular complexity index is 736. The Hall–Kier alpha value is -1.60. The van der Waals surface area contributed by atoms with Crippen LogP contribution in [0.3, 0.4) is 0 Å². The van der Waals surface area contributed by atoms with Crippen molar-refractivity contribution in [1.82, 2.24) is 4.72 Å². The van der Waals surface area contributed by atoms with Crippen molar-refractivity contribution in [2.45, 2.75) is 30.5 Å². The number of halogens is 3. The van der Waals surface area contributed by atoms with Crippen molar-refractivity contribution < 1.29 is 21.6 Å². The van der Waals surface area contributed by atoms with Gasteiger partial charge in [-0.2, -0.15) is 13.2 Å². The average molecular weight is 317 g/mol. The van der Waals surface area contributed by atoms with Crippen LogP contribution < -0.4 is 4.72 Å². The first-order valence-corrected chi connectivity index (χ1v) is 7.74. The van der Waals surface area contributed by atoms with Gasteiger partial charge in [-0.05, 0) is 18.4 Å². The smallest absolute Gasteiger partial charge is 0.208 e. The molecular formula is C14H14F3NO2S. The van der Waals surface area contributed by atoms with Crippen LogP contribution in [0.4, 0.5) is 13.2 Å². The molecule has 0 aromatic heterocycles. The molecule has 0 saturated heterocycles. The molecule has 0 aliphatic heterocycles. The van der Waals surface area contributed by atoms with Gasteiger partial charge in [0.1, 0.15) is 0 Å². The van der Waals surface area contributed by atoms with Crippen molar-refractivity contribution in [3.63, 3.8) is 0 Å². The number of hydrogen-bond donors (Lipinski definition) is 1. The SMILES string of the molecule is CC(CC(F)(F)F)NS(=O)(=O)c1cccc2ccccc12. The van der Waals surface area contributed by atoms with Gasteiger partial charge in [0.2, 0.25) is 10.0 Å². The predicted molar refractivity (Wildman–Crippen MR) is 74.4 cm³/mol. The molecule has 0 spiro atoms. The largest absolute Gasteiger partial charge is 0.390 e. The van der Waals surface area contributed by atoms with Gasteiger partial charge >= 0.3 is 6.18 Å². The van der Waals surface area contributed by atoms with Crippen LogP contribution in [0.1, 0.15) is 13.3 Å². The third-order valence-electron chi connectivity index (χ3n) is 2.93. The van der Waals surface area contributed by atoms with E-state index in [0.717, 1.165) is 0 Å². The molecule has 1 unspecified atom stereocenters. The second-order valence-corrected chi connectivity index (χ2v) is 6.50. The lowest BCUT2D eigenvalue weighted by Crippen LogP contribution is -2.36. The van der Waals surface area contributed by atoms with Crippen LogP contribution in [0.2, 0.25) is 0 Å². The molecule has 0 fully saturated rings. The predicted octanol–water partition coefficient (Wildman–Crippen LogP) is 3.46. The lowest BCUT2D eigenvalue weighted by atomic mass is 10.1. The topological polar surface area (TPSA) is 46.2 Å². The third-order valence-corrected chi connectivity index (χ3v) is 4.58. The Morgan fingerprint density at radius 1 is 1.10 bits per heavy atom. The number of alkyl halides is 3. The lowest BCUT2D eigenvalue weighted by Gasteiger charge is -2.16. The summed E-state index contributed by atoms with van der Waals surface area (Å²) in [6.45, 7) is 1.19. The fourth-order valence-electron chi connectivity index (χ4n) is 2.15. The number of sulfonamides is 1. The first kappa shape index (κ1) is 15.8. The first-order valence-electron chi connectivity index (χ1n) is 6.26. The Morgan fingerprint density at radius 3 is 2.38 bits per heavy atom. The Labute approximate surface area is 120 Å². The normalized spacial score (nSPS) is 14.3. The standard InChI is InChI=1S/C14H14F3NO2S/c1-10(9-14(15,16)17)18-21(19,20)13-8-4-6-11-5-2-3-7-12(11)13/h2-8,10,18H,9H2,1H3. The van der Waals surface area contributed by atoms with Gasteiger partial charge < -0.3 is 0 Å². The van der Waals surface area contributed by atoms with Crippen LogP contribution in [0.15, 0.2) is 47.4 Å². The van der Waals surface area contributed by atoms with E-state index in [1.807, 2.05) is 0 Å². The summed E-state index contributed by atoms with van der Waals surface area (Å²) in [5, 5.41) is 1.19. The van der Waals surface area contributed by atoms with Crippen LogP contribution >= 0.6 is 0 Å². The summed E-state index contributed by atoms with van der Waals surface area (Å²) in [7, 11) is -4.01. The number of rotatable bonds is 4. The molecule has 2 rings (SSSR count). The van der Waals surface area contributed by atoms with Gasteiger partial charge in [0.15, 0.2) is 0 Å². The molecule has 0 aliphatic carbocycles. The van der Waals surface area contributed by atoms with Crippen molar-refractivity contribution in [3.8, 4) is 0 Å². The third kappa shape index (κ3) is 3.95. The average Bonchev–Trinajstić information content (AvgIpc) is 2.35. The van der Waals surface area contributed by atoms with Gasteiger partial charge in [-0.1, -0.05) is 36.4 Å². The second kappa shape index (κ2) is 5.65. The van der Waals surface area contributed by atoms with E-state index in [-0.39, 0.29) is 4.90 Å². The minimum absolute atomic E-state index is 0.0189. The van der Waals surface area contributed by atoms with E-state index >= 15 is 0 Å². The molecule has 1 N–H and O–H groups in total. The summed E-state index contributed by atoms with van der Waals surface area (Å²) in [5.74, 6) is 0. The van der Waals surface area contributed by atoms with Crippen LogP contribution in [-0.2, 0) is 10.0 Å². The summed E-state index contributed by atoms with van der Waals surface area (Å²) in [5.41, 5.74) is 0. The highest BCUT2D eigenvalue weighted by Gasteiger charge is 2.32. The molecule has 0 bridgehead atoms. The molecule has 2 aromatic rings. The van der Waals surface area contributed by atoms with Crippen LogP contribution in [-0.4, -0.2) is 20.6 Å². The lowest BCUT2D eigenvalue weighted by molar-refractivity contribution is -0.137. The molecule has 7 heteroatoms. The first-order chi connectivity index (χ1) is 9.69. The van der Waals surface area contributed by atoms with Gasteiger partial charge in [0.25, 0.3) is 0 Å².